The highest BCUT2D eigenvalue weighted by Crippen LogP contribution is 2.26. The minimum absolute atomic E-state index is 0.132. The van der Waals surface area contributed by atoms with Crippen molar-refractivity contribution < 1.29 is 13.2 Å². The third-order valence-electron chi connectivity index (χ3n) is 6.27. The maximum atomic E-state index is 13.0. The van der Waals surface area contributed by atoms with Crippen LogP contribution in [-0.4, -0.2) is 62.3 Å². The molecule has 0 aromatic heterocycles. The summed E-state index contributed by atoms with van der Waals surface area (Å²) < 4.78 is 27.6. The lowest BCUT2D eigenvalue weighted by Gasteiger charge is -2.34. The summed E-state index contributed by atoms with van der Waals surface area (Å²) in [6, 6.07) is 6.55. The highest BCUT2D eigenvalue weighted by atomic mass is 32.2. The summed E-state index contributed by atoms with van der Waals surface area (Å²) in [4.78, 5) is 15.3. The van der Waals surface area contributed by atoms with Gasteiger partial charge >= 0.3 is 0 Å². The number of amides is 1. The van der Waals surface area contributed by atoms with Gasteiger partial charge in [-0.1, -0.05) is 25.5 Å². The molecular weight excluding hydrogens is 410 g/mol. The Morgan fingerprint density at radius 1 is 1.06 bits per heavy atom. The van der Waals surface area contributed by atoms with Gasteiger partial charge in [-0.3, -0.25) is 9.69 Å². The molecule has 2 aliphatic rings. The molecule has 0 aliphatic carbocycles. The Labute approximate surface area is 187 Å². The Bertz CT molecular complexity index is 873. The van der Waals surface area contributed by atoms with Crippen LogP contribution in [0, 0.1) is 11.8 Å². The molecule has 1 aromatic carbocycles. The van der Waals surface area contributed by atoms with E-state index in [1.807, 2.05) is 0 Å². The van der Waals surface area contributed by atoms with Crippen molar-refractivity contribution in [2.75, 3.05) is 32.7 Å². The van der Waals surface area contributed by atoms with Crippen LogP contribution in [0.2, 0.25) is 0 Å². The number of hydrogen-bond acceptors (Lipinski definition) is 4. The van der Waals surface area contributed by atoms with E-state index in [1.165, 1.54) is 5.57 Å². The van der Waals surface area contributed by atoms with Gasteiger partial charge in [0, 0.05) is 44.3 Å². The standard InChI is InChI=1S/C24H37N3O3S/c1-18(2)9-12-26-13-10-22(11-14-26)25-24(28)21-5-7-23(8-6-21)31(29,30)27-16-19(3)15-20(4)17-27/h5-9,19-20,22H,10-17H2,1-4H3,(H,25,28). The van der Waals surface area contributed by atoms with Crippen LogP contribution < -0.4 is 5.32 Å². The number of sulfonamides is 1. The van der Waals surface area contributed by atoms with Crippen LogP contribution in [0.1, 0.15) is 57.3 Å². The Balaban J connectivity index is 1.56. The summed E-state index contributed by atoms with van der Waals surface area (Å²) >= 11 is 0. The summed E-state index contributed by atoms with van der Waals surface area (Å²) in [6.45, 7) is 12.4. The summed E-state index contributed by atoms with van der Waals surface area (Å²) in [5, 5.41) is 3.11. The first-order valence-corrected chi connectivity index (χ1v) is 12.9. The lowest BCUT2D eigenvalue weighted by atomic mass is 9.94. The minimum atomic E-state index is -3.52. The molecule has 0 saturated carbocycles. The number of carbonyl (C=O) groups is 1. The molecule has 1 aromatic rings. The van der Waals surface area contributed by atoms with Crippen molar-refractivity contribution >= 4 is 15.9 Å². The molecule has 2 unspecified atom stereocenters. The van der Waals surface area contributed by atoms with Gasteiger partial charge in [0.05, 0.1) is 4.90 Å². The van der Waals surface area contributed by atoms with Gasteiger partial charge in [0.1, 0.15) is 0 Å². The third-order valence-corrected chi connectivity index (χ3v) is 8.12. The first-order valence-electron chi connectivity index (χ1n) is 11.4. The summed E-state index contributed by atoms with van der Waals surface area (Å²) in [6.07, 6.45) is 5.15. The fraction of sp³-hybridized carbons (Fsp3) is 0.625. The average molecular weight is 448 g/mol. The van der Waals surface area contributed by atoms with Gasteiger partial charge in [-0.2, -0.15) is 4.31 Å². The molecule has 7 heteroatoms. The van der Waals surface area contributed by atoms with Crippen molar-refractivity contribution in [2.24, 2.45) is 11.8 Å². The quantitative estimate of drug-likeness (QED) is 0.678. The smallest absolute Gasteiger partial charge is 0.251 e. The Morgan fingerprint density at radius 2 is 1.65 bits per heavy atom. The zero-order valence-corrected chi connectivity index (χ0v) is 20.1. The molecule has 2 fully saturated rings. The third kappa shape index (κ3) is 6.40. The Morgan fingerprint density at radius 3 is 2.19 bits per heavy atom. The van der Waals surface area contributed by atoms with Crippen molar-refractivity contribution in [1.82, 2.24) is 14.5 Å². The van der Waals surface area contributed by atoms with E-state index in [0.717, 1.165) is 38.9 Å². The molecule has 0 bridgehead atoms. The predicted molar refractivity (Wildman–Crippen MR) is 125 cm³/mol. The Kier molecular flexibility index (Phi) is 7.94. The van der Waals surface area contributed by atoms with Crippen molar-refractivity contribution in [3.63, 3.8) is 0 Å². The molecule has 1 amide bonds. The first kappa shape index (κ1) is 24.0. The molecule has 172 valence electrons. The van der Waals surface area contributed by atoms with Crippen LogP contribution in [0.4, 0.5) is 0 Å². The molecule has 2 atom stereocenters. The van der Waals surface area contributed by atoms with Gasteiger partial charge in [-0.25, -0.2) is 8.42 Å². The van der Waals surface area contributed by atoms with Crippen molar-refractivity contribution in [3.8, 4) is 0 Å². The maximum absolute atomic E-state index is 13.0. The zero-order valence-electron chi connectivity index (χ0n) is 19.3. The van der Waals surface area contributed by atoms with Crippen LogP contribution in [0.3, 0.4) is 0 Å². The number of carbonyl (C=O) groups excluding carboxylic acids is 1. The lowest BCUT2D eigenvalue weighted by Crippen LogP contribution is -2.44. The van der Waals surface area contributed by atoms with E-state index in [1.54, 1.807) is 28.6 Å². The highest BCUT2D eigenvalue weighted by Gasteiger charge is 2.31. The largest absolute Gasteiger partial charge is 0.349 e. The molecule has 2 aliphatic heterocycles. The topological polar surface area (TPSA) is 69.7 Å². The number of allylic oxidation sites excluding steroid dienone is 1. The lowest BCUT2D eigenvalue weighted by molar-refractivity contribution is 0.0914. The van der Waals surface area contributed by atoms with Gasteiger partial charge in [-0.15, -0.1) is 0 Å². The van der Waals surface area contributed by atoms with Gasteiger partial charge in [0.2, 0.25) is 10.0 Å². The van der Waals surface area contributed by atoms with E-state index < -0.39 is 10.0 Å². The normalized spacial score (nSPS) is 24.0. The van der Waals surface area contributed by atoms with E-state index in [-0.39, 0.29) is 16.8 Å². The van der Waals surface area contributed by atoms with Crippen molar-refractivity contribution in [2.45, 2.75) is 57.9 Å². The van der Waals surface area contributed by atoms with E-state index in [4.69, 9.17) is 0 Å². The second-order valence-electron chi connectivity index (χ2n) is 9.62. The SMILES string of the molecule is CC(C)=CCN1CCC(NC(=O)c2ccc(S(=O)(=O)N3CC(C)CC(C)C3)cc2)CC1. The summed E-state index contributed by atoms with van der Waals surface area (Å²) in [7, 11) is -3.52. The molecule has 6 nitrogen and oxygen atoms in total. The highest BCUT2D eigenvalue weighted by molar-refractivity contribution is 7.89. The molecule has 2 saturated heterocycles. The molecular formula is C24H37N3O3S. The maximum Gasteiger partial charge on any atom is 0.251 e. The van der Waals surface area contributed by atoms with E-state index in [0.29, 0.717) is 30.5 Å². The van der Waals surface area contributed by atoms with Gasteiger partial charge in [0.25, 0.3) is 5.91 Å². The number of benzene rings is 1. The summed E-state index contributed by atoms with van der Waals surface area (Å²) in [5.41, 5.74) is 1.83. The van der Waals surface area contributed by atoms with E-state index >= 15 is 0 Å². The average Bonchev–Trinajstić information content (AvgIpc) is 2.72. The number of hydrogen-bond donors (Lipinski definition) is 1. The number of likely N-dealkylation sites (tertiary alicyclic amines) is 1. The molecule has 0 spiro atoms. The number of piperidine rings is 2. The first-order chi connectivity index (χ1) is 14.6. The van der Waals surface area contributed by atoms with Crippen LogP contribution in [0.5, 0.6) is 0 Å². The zero-order chi connectivity index (χ0) is 22.6. The van der Waals surface area contributed by atoms with Crippen LogP contribution in [0.25, 0.3) is 0 Å². The van der Waals surface area contributed by atoms with E-state index in [9.17, 15) is 13.2 Å². The molecule has 0 radical (unpaired) electrons. The monoisotopic (exact) mass is 447 g/mol. The van der Waals surface area contributed by atoms with Crippen LogP contribution in [0.15, 0.2) is 40.8 Å². The summed E-state index contributed by atoms with van der Waals surface area (Å²) in [5.74, 6) is 0.584. The molecule has 2 heterocycles. The molecule has 3 rings (SSSR count). The van der Waals surface area contributed by atoms with Gasteiger partial charge in [0.15, 0.2) is 0 Å². The minimum Gasteiger partial charge on any atom is -0.349 e. The number of nitrogens with zero attached hydrogens (tertiary/aromatic N) is 2. The fourth-order valence-corrected chi connectivity index (χ4v) is 6.25. The van der Waals surface area contributed by atoms with Gasteiger partial charge in [-0.05, 0) is 69.2 Å². The molecule has 31 heavy (non-hydrogen) atoms. The molecule has 1 N–H and O–H groups in total. The van der Waals surface area contributed by atoms with Crippen molar-refractivity contribution in [3.05, 3.63) is 41.5 Å². The van der Waals surface area contributed by atoms with Crippen LogP contribution >= 0.6 is 0 Å². The second kappa shape index (κ2) is 10.3. The number of rotatable bonds is 6. The second-order valence-corrected chi connectivity index (χ2v) is 11.6. The van der Waals surface area contributed by atoms with Gasteiger partial charge < -0.3 is 5.32 Å². The predicted octanol–water partition coefficient (Wildman–Crippen LogP) is 3.51. The van der Waals surface area contributed by atoms with E-state index in [2.05, 4.69) is 44.0 Å². The number of nitrogens with one attached hydrogen (secondary N) is 1. The Hall–Kier alpha value is -1.70. The fourth-order valence-electron chi connectivity index (χ4n) is 4.57. The van der Waals surface area contributed by atoms with Crippen LogP contribution in [-0.2, 0) is 10.0 Å². The van der Waals surface area contributed by atoms with Crippen molar-refractivity contribution in [1.29, 1.82) is 0 Å².